The monoisotopic (exact) mass is 314 g/mol. The smallest absolute Gasteiger partial charge is 0.352 e. The Morgan fingerprint density at radius 3 is 2.57 bits per heavy atom. The van der Waals surface area contributed by atoms with Gasteiger partial charge in [-0.3, -0.25) is 0 Å². The van der Waals surface area contributed by atoms with E-state index >= 15 is 0 Å². The van der Waals surface area contributed by atoms with Gasteiger partial charge in [-0.1, -0.05) is 13.3 Å². The summed E-state index contributed by atoms with van der Waals surface area (Å²) in [6.45, 7) is 6.74. The average molecular weight is 314 g/mol. The van der Waals surface area contributed by atoms with Crippen LogP contribution in [0.1, 0.15) is 50.1 Å². The van der Waals surface area contributed by atoms with Crippen molar-refractivity contribution in [3.05, 3.63) is 18.0 Å². The number of carboxylic acid groups (broad SMARTS) is 1. The molecule has 0 radical (unpaired) electrons. The molecule has 21 heavy (non-hydrogen) atoms. The average Bonchev–Trinajstić information content (AvgIpc) is 3.06. The lowest BCUT2D eigenvalue weighted by Gasteiger charge is -2.15. The first kappa shape index (κ1) is 16.0. The summed E-state index contributed by atoms with van der Waals surface area (Å²) < 4.78 is 28.2. The maximum absolute atomic E-state index is 12.6. The second kappa shape index (κ2) is 5.81. The number of aromatic carboxylic acids is 1. The zero-order valence-corrected chi connectivity index (χ0v) is 13.4. The Kier molecular flexibility index (Phi) is 4.43. The molecule has 1 aliphatic rings. The fourth-order valence-corrected chi connectivity index (χ4v) is 4.25. The van der Waals surface area contributed by atoms with Crippen molar-refractivity contribution < 1.29 is 18.3 Å². The van der Waals surface area contributed by atoms with Crippen molar-refractivity contribution >= 4 is 16.0 Å². The third kappa shape index (κ3) is 2.98. The summed E-state index contributed by atoms with van der Waals surface area (Å²) in [5, 5.41) is 9.21. The normalized spacial score (nSPS) is 20.3. The molecular formula is C14H22N2O4S. The quantitative estimate of drug-likeness (QED) is 0.903. The summed E-state index contributed by atoms with van der Waals surface area (Å²) >= 11 is 0. The van der Waals surface area contributed by atoms with E-state index in [1.54, 1.807) is 0 Å². The van der Waals surface area contributed by atoms with Gasteiger partial charge in [0.2, 0.25) is 10.0 Å². The first-order chi connectivity index (χ1) is 9.77. The molecule has 1 aromatic heterocycles. The lowest BCUT2D eigenvalue weighted by Crippen LogP contribution is -2.28. The highest BCUT2D eigenvalue weighted by Gasteiger charge is 2.33. The molecule has 0 saturated carbocycles. The molecule has 0 aliphatic carbocycles. The highest BCUT2D eigenvalue weighted by molar-refractivity contribution is 7.89. The molecule has 1 fully saturated rings. The van der Waals surface area contributed by atoms with Gasteiger partial charge in [-0.25, -0.2) is 13.2 Å². The van der Waals surface area contributed by atoms with Crippen molar-refractivity contribution in [2.24, 2.45) is 5.92 Å². The number of aromatic nitrogens is 1. The molecule has 118 valence electrons. The number of carboxylic acids is 1. The van der Waals surface area contributed by atoms with E-state index in [0.717, 1.165) is 12.8 Å². The van der Waals surface area contributed by atoms with Gasteiger partial charge in [0.25, 0.3) is 0 Å². The molecule has 1 aromatic rings. The van der Waals surface area contributed by atoms with Crippen LogP contribution in [0.4, 0.5) is 0 Å². The van der Waals surface area contributed by atoms with Gasteiger partial charge in [0.15, 0.2) is 0 Å². The number of rotatable bonds is 5. The van der Waals surface area contributed by atoms with E-state index in [9.17, 15) is 18.3 Å². The molecule has 0 bridgehead atoms. The predicted molar refractivity (Wildman–Crippen MR) is 78.9 cm³/mol. The van der Waals surface area contributed by atoms with Gasteiger partial charge in [-0.15, -0.1) is 0 Å². The Bertz CT molecular complexity index is 633. The highest BCUT2D eigenvalue weighted by atomic mass is 32.2. The van der Waals surface area contributed by atoms with Crippen molar-refractivity contribution in [3.63, 3.8) is 0 Å². The summed E-state index contributed by atoms with van der Waals surface area (Å²) in [6, 6.07) is 1.15. The number of carbonyl (C=O) groups is 1. The molecule has 1 unspecified atom stereocenters. The standard InChI is InChI=1S/C14H22N2O4S/c1-4-11-5-6-15(8-11)21(19,20)12-7-13(14(17)18)16(9-12)10(2)3/h7,9-11H,4-6,8H2,1-3H3,(H,17,18). The summed E-state index contributed by atoms with van der Waals surface area (Å²) in [4.78, 5) is 11.3. The molecule has 6 nitrogen and oxygen atoms in total. The fourth-order valence-electron chi connectivity index (χ4n) is 2.69. The Balaban J connectivity index is 2.37. The Hall–Kier alpha value is -1.34. The molecule has 1 atom stereocenters. The van der Waals surface area contributed by atoms with E-state index in [0.29, 0.717) is 19.0 Å². The van der Waals surface area contributed by atoms with Crippen LogP contribution in [0.3, 0.4) is 0 Å². The van der Waals surface area contributed by atoms with Crippen LogP contribution in [0.25, 0.3) is 0 Å². The summed E-state index contributed by atoms with van der Waals surface area (Å²) in [5.41, 5.74) is 0.00909. The van der Waals surface area contributed by atoms with E-state index in [2.05, 4.69) is 6.92 Å². The van der Waals surface area contributed by atoms with Crippen LogP contribution in [0.15, 0.2) is 17.2 Å². The maximum atomic E-state index is 12.6. The minimum atomic E-state index is -3.60. The number of hydrogen-bond donors (Lipinski definition) is 1. The zero-order valence-electron chi connectivity index (χ0n) is 12.6. The Labute approximate surface area is 125 Å². The largest absolute Gasteiger partial charge is 0.477 e. The Morgan fingerprint density at radius 1 is 1.48 bits per heavy atom. The van der Waals surface area contributed by atoms with Crippen LogP contribution in [-0.2, 0) is 10.0 Å². The van der Waals surface area contributed by atoms with Crippen LogP contribution < -0.4 is 0 Å². The van der Waals surface area contributed by atoms with Gasteiger partial charge in [0.05, 0.1) is 0 Å². The van der Waals surface area contributed by atoms with Crippen LogP contribution in [0.2, 0.25) is 0 Å². The lowest BCUT2D eigenvalue weighted by atomic mass is 10.1. The third-order valence-corrected chi connectivity index (χ3v) is 5.89. The molecular weight excluding hydrogens is 292 g/mol. The number of hydrogen-bond acceptors (Lipinski definition) is 3. The summed E-state index contributed by atoms with van der Waals surface area (Å²) in [6.07, 6.45) is 3.26. The number of nitrogens with zero attached hydrogens (tertiary/aromatic N) is 2. The van der Waals surface area contributed by atoms with E-state index in [4.69, 9.17) is 0 Å². The van der Waals surface area contributed by atoms with Crippen molar-refractivity contribution in [1.29, 1.82) is 0 Å². The maximum Gasteiger partial charge on any atom is 0.352 e. The minimum absolute atomic E-state index is 0.00909. The second-order valence-electron chi connectivity index (χ2n) is 5.79. The van der Waals surface area contributed by atoms with Gasteiger partial charge in [-0.2, -0.15) is 4.31 Å². The van der Waals surface area contributed by atoms with Crippen molar-refractivity contribution in [2.75, 3.05) is 13.1 Å². The minimum Gasteiger partial charge on any atom is -0.477 e. The van der Waals surface area contributed by atoms with Crippen molar-refractivity contribution in [1.82, 2.24) is 8.87 Å². The zero-order chi connectivity index (χ0) is 15.8. The van der Waals surface area contributed by atoms with E-state index < -0.39 is 16.0 Å². The van der Waals surface area contributed by atoms with Gasteiger partial charge < -0.3 is 9.67 Å². The van der Waals surface area contributed by atoms with Crippen LogP contribution >= 0.6 is 0 Å². The molecule has 2 heterocycles. The first-order valence-electron chi connectivity index (χ1n) is 7.22. The van der Waals surface area contributed by atoms with Crippen LogP contribution in [-0.4, -0.2) is 41.5 Å². The first-order valence-corrected chi connectivity index (χ1v) is 8.66. The molecule has 0 spiro atoms. The molecule has 1 N–H and O–H groups in total. The SMILES string of the molecule is CCC1CCN(S(=O)(=O)c2cc(C(=O)O)n(C(C)C)c2)C1. The van der Waals surface area contributed by atoms with Gasteiger partial charge in [-0.05, 0) is 32.3 Å². The summed E-state index contributed by atoms with van der Waals surface area (Å²) in [5.74, 6) is -0.719. The molecule has 1 saturated heterocycles. The third-order valence-electron chi connectivity index (χ3n) is 4.06. The van der Waals surface area contributed by atoms with Gasteiger partial charge >= 0.3 is 5.97 Å². The van der Waals surface area contributed by atoms with Crippen molar-refractivity contribution in [2.45, 2.75) is 44.6 Å². The fraction of sp³-hybridized carbons (Fsp3) is 0.643. The van der Waals surface area contributed by atoms with E-state index in [1.165, 1.54) is 21.1 Å². The Morgan fingerprint density at radius 2 is 2.14 bits per heavy atom. The van der Waals surface area contributed by atoms with E-state index in [1.807, 2.05) is 13.8 Å². The highest BCUT2D eigenvalue weighted by Crippen LogP contribution is 2.28. The van der Waals surface area contributed by atoms with Crippen molar-refractivity contribution in [3.8, 4) is 0 Å². The number of sulfonamides is 1. The van der Waals surface area contributed by atoms with Crippen LogP contribution in [0.5, 0.6) is 0 Å². The summed E-state index contributed by atoms with van der Waals surface area (Å²) in [7, 11) is -3.60. The van der Waals surface area contributed by atoms with Crippen LogP contribution in [0, 0.1) is 5.92 Å². The molecule has 2 rings (SSSR count). The molecule has 0 aromatic carbocycles. The van der Waals surface area contributed by atoms with Gasteiger partial charge in [0, 0.05) is 25.3 Å². The molecule has 7 heteroatoms. The lowest BCUT2D eigenvalue weighted by molar-refractivity contribution is 0.0683. The topological polar surface area (TPSA) is 79.6 Å². The van der Waals surface area contributed by atoms with Gasteiger partial charge in [0.1, 0.15) is 10.6 Å². The second-order valence-corrected chi connectivity index (χ2v) is 7.73. The predicted octanol–water partition coefficient (Wildman–Crippen LogP) is 2.19. The molecule has 0 amide bonds. The van der Waals surface area contributed by atoms with E-state index in [-0.39, 0.29) is 16.6 Å². The molecule has 1 aliphatic heterocycles.